The van der Waals surface area contributed by atoms with Crippen molar-refractivity contribution < 1.29 is 19.8 Å². The molecule has 0 aromatic carbocycles. The zero-order chi connectivity index (χ0) is 13.3. The van der Waals surface area contributed by atoms with Crippen LogP contribution in [0, 0.1) is 0 Å². The van der Waals surface area contributed by atoms with E-state index in [1.165, 1.54) is 18.3 Å². The maximum atomic E-state index is 12.0. The molecule has 2 heterocycles. The minimum absolute atomic E-state index is 0.0183. The third-order valence-electron chi connectivity index (χ3n) is 2.86. The van der Waals surface area contributed by atoms with Crippen molar-refractivity contribution in [1.29, 1.82) is 0 Å². The van der Waals surface area contributed by atoms with Gasteiger partial charge in [-0.3, -0.25) is 9.59 Å². The Kier molecular flexibility index (Phi) is 3.15. The van der Waals surface area contributed by atoms with Gasteiger partial charge in [-0.2, -0.15) is 0 Å². The van der Waals surface area contributed by atoms with Crippen LogP contribution in [0.25, 0.3) is 0 Å². The number of aliphatic hydroxyl groups is 1. The summed E-state index contributed by atoms with van der Waals surface area (Å²) < 4.78 is 0. The molecule has 7 nitrogen and oxygen atoms in total. The number of aliphatic carboxylic acids is 1. The molecule has 1 aliphatic heterocycles. The van der Waals surface area contributed by atoms with Gasteiger partial charge >= 0.3 is 5.97 Å². The second-order valence-corrected chi connectivity index (χ2v) is 4.14. The number of carbonyl (C=O) groups is 2. The lowest BCUT2D eigenvalue weighted by Gasteiger charge is -2.20. The maximum absolute atomic E-state index is 12.0. The number of pyridine rings is 1. The fourth-order valence-electron chi connectivity index (χ4n) is 1.98. The largest absolute Gasteiger partial charge is 0.480 e. The van der Waals surface area contributed by atoms with Gasteiger partial charge in [0, 0.05) is 25.2 Å². The molecule has 1 fully saturated rings. The first-order chi connectivity index (χ1) is 8.49. The van der Waals surface area contributed by atoms with Crippen LogP contribution in [0.2, 0.25) is 0 Å². The summed E-state index contributed by atoms with van der Waals surface area (Å²) in [6.45, 7) is -0.0189. The zero-order valence-corrected chi connectivity index (χ0v) is 9.37. The zero-order valence-electron chi connectivity index (χ0n) is 9.37. The number of nitrogens with one attached hydrogen (secondary N) is 1. The van der Waals surface area contributed by atoms with Crippen LogP contribution in [0.5, 0.6) is 0 Å². The van der Waals surface area contributed by atoms with Gasteiger partial charge in [-0.25, -0.2) is 4.79 Å². The number of H-pyrrole nitrogens is 1. The molecule has 0 spiro atoms. The van der Waals surface area contributed by atoms with Gasteiger partial charge in [-0.15, -0.1) is 0 Å². The summed E-state index contributed by atoms with van der Waals surface area (Å²) in [4.78, 5) is 37.4. The molecule has 18 heavy (non-hydrogen) atoms. The van der Waals surface area contributed by atoms with Crippen LogP contribution in [0.1, 0.15) is 16.8 Å². The molecule has 1 aliphatic rings. The molecular weight excluding hydrogens is 240 g/mol. The predicted octanol–water partition coefficient (Wildman–Crippen LogP) is -0.965. The van der Waals surface area contributed by atoms with Crippen molar-refractivity contribution in [3.63, 3.8) is 0 Å². The molecular formula is C11H12N2O5. The number of hydrogen-bond donors (Lipinski definition) is 3. The summed E-state index contributed by atoms with van der Waals surface area (Å²) in [6.07, 6.45) is 0.413. The quantitative estimate of drug-likeness (QED) is 0.627. The molecule has 0 aliphatic carbocycles. The number of carbonyl (C=O) groups excluding carboxylic acids is 1. The minimum Gasteiger partial charge on any atom is -0.480 e. The van der Waals surface area contributed by atoms with Crippen LogP contribution >= 0.6 is 0 Å². The summed E-state index contributed by atoms with van der Waals surface area (Å²) in [5.74, 6) is -1.67. The van der Waals surface area contributed by atoms with Crippen molar-refractivity contribution in [2.75, 3.05) is 6.54 Å². The number of β-amino-alcohol motifs (C(OH)–C–C–N with tert-alkyl or cyclic N) is 1. The smallest absolute Gasteiger partial charge is 0.326 e. The maximum Gasteiger partial charge on any atom is 0.326 e. The van der Waals surface area contributed by atoms with Crippen LogP contribution < -0.4 is 5.56 Å². The van der Waals surface area contributed by atoms with Crippen molar-refractivity contribution in [2.24, 2.45) is 0 Å². The first-order valence-electron chi connectivity index (χ1n) is 5.39. The van der Waals surface area contributed by atoms with E-state index in [4.69, 9.17) is 5.11 Å². The number of aliphatic hydroxyl groups excluding tert-OH is 1. The molecule has 2 atom stereocenters. The Hall–Kier alpha value is -2.15. The Morgan fingerprint density at radius 3 is 2.67 bits per heavy atom. The summed E-state index contributed by atoms with van der Waals surface area (Å²) in [5.41, 5.74) is -0.155. The first kappa shape index (κ1) is 12.3. The summed E-state index contributed by atoms with van der Waals surface area (Å²) in [6, 6.07) is 1.49. The van der Waals surface area contributed by atoms with Crippen molar-refractivity contribution in [3.05, 3.63) is 34.2 Å². The average molecular weight is 252 g/mol. The molecule has 0 radical (unpaired) electrons. The number of amides is 1. The third-order valence-corrected chi connectivity index (χ3v) is 2.86. The van der Waals surface area contributed by atoms with Crippen molar-refractivity contribution >= 4 is 11.9 Å². The molecule has 2 rings (SSSR count). The highest BCUT2D eigenvalue weighted by atomic mass is 16.4. The topological polar surface area (TPSA) is 111 Å². The molecule has 3 N–H and O–H groups in total. The highest BCUT2D eigenvalue weighted by molar-refractivity contribution is 5.96. The normalized spacial score (nSPS) is 23.1. The van der Waals surface area contributed by atoms with Crippen LogP contribution in [-0.4, -0.2) is 50.7 Å². The van der Waals surface area contributed by atoms with E-state index in [9.17, 15) is 19.5 Å². The van der Waals surface area contributed by atoms with E-state index in [0.717, 1.165) is 4.90 Å². The number of hydrogen-bond acceptors (Lipinski definition) is 4. The molecule has 7 heteroatoms. The molecule has 1 aromatic rings. The van der Waals surface area contributed by atoms with Gasteiger partial charge in [0.2, 0.25) is 5.56 Å². The molecule has 0 bridgehead atoms. The van der Waals surface area contributed by atoms with Crippen LogP contribution in [-0.2, 0) is 4.79 Å². The number of likely N-dealkylation sites (tertiary alicyclic amines) is 1. The van der Waals surface area contributed by atoms with E-state index in [0.29, 0.717) is 0 Å². The first-order valence-corrected chi connectivity index (χ1v) is 5.39. The van der Waals surface area contributed by atoms with Crippen molar-refractivity contribution in [3.8, 4) is 0 Å². The SMILES string of the molecule is O=C(O)[C@@H]1C[C@H](O)CN1C(=O)c1ccc(=O)[nH]c1. The van der Waals surface area contributed by atoms with E-state index >= 15 is 0 Å². The van der Waals surface area contributed by atoms with E-state index in [1.807, 2.05) is 0 Å². The predicted molar refractivity (Wildman–Crippen MR) is 60.1 cm³/mol. The van der Waals surface area contributed by atoms with E-state index in [2.05, 4.69) is 4.98 Å². The standard InChI is InChI=1S/C11H12N2O5/c14-7-3-8(11(17)18)13(5-7)10(16)6-1-2-9(15)12-4-6/h1-2,4,7-8,14H,3,5H2,(H,12,15)(H,17,18)/t7-,8-/m0/s1. The molecule has 1 aromatic heterocycles. The van der Waals surface area contributed by atoms with Gasteiger partial charge < -0.3 is 20.1 Å². The highest BCUT2D eigenvalue weighted by Crippen LogP contribution is 2.20. The fourth-order valence-corrected chi connectivity index (χ4v) is 1.98. The second-order valence-electron chi connectivity index (χ2n) is 4.14. The van der Waals surface area contributed by atoms with Gasteiger partial charge in [0.05, 0.1) is 11.7 Å². The number of rotatable bonds is 2. The van der Waals surface area contributed by atoms with Gasteiger partial charge in [0.25, 0.3) is 5.91 Å². The fraction of sp³-hybridized carbons (Fsp3) is 0.364. The van der Waals surface area contributed by atoms with Gasteiger partial charge in [-0.1, -0.05) is 0 Å². The van der Waals surface area contributed by atoms with Gasteiger partial charge in [-0.05, 0) is 6.07 Å². The molecule has 0 unspecified atom stereocenters. The summed E-state index contributed by atoms with van der Waals surface area (Å²) in [5, 5.41) is 18.4. The second kappa shape index (κ2) is 4.61. The van der Waals surface area contributed by atoms with E-state index in [-0.39, 0.29) is 24.1 Å². The van der Waals surface area contributed by atoms with Crippen LogP contribution in [0.15, 0.2) is 23.1 Å². The van der Waals surface area contributed by atoms with Crippen molar-refractivity contribution in [2.45, 2.75) is 18.6 Å². The van der Waals surface area contributed by atoms with Gasteiger partial charge in [0.1, 0.15) is 6.04 Å². The lowest BCUT2D eigenvalue weighted by molar-refractivity contribution is -0.141. The van der Waals surface area contributed by atoms with E-state index in [1.54, 1.807) is 0 Å². The van der Waals surface area contributed by atoms with Crippen molar-refractivity contribution in [1.82, 2.24) is 9.88 Å². The Balaban J connectivity index is 2.25. The number of aromatic nitrogens is 1. The highest BCUT2D eigenvalue weighted by Gasteiger charge is 2.39. The lowest BCUT2D eigenvalue weighted by atomic mass is 10.2. The van der Waals surface area contributed by atoms with Crippen LogP contribution in [0.4, 0.5) is 0 Å². The Labute approximate surface area is 102 Å². The summed E-state index contributed by atoms with van der Waals surface area (Å²) in [7, 11) is 0. The average Bonchev–Trinajstić information content (AvgIpc) is 2.71. The Morgan fingerprint density at radius 1 is 1.39 bits per heavy atom. The van der Waals surface area contributed by atoms with Gasteiger partial charge in [0.15, 0.2) is 0 Å². The monoisotopic (exact) mass is 252 g/mol. The molecule has 1 saturated heterocycles. The number of carboxylic acids is 1. The molecule has 0 saturated carbocycles. The molecule has 96 valence electrons. The number of carboxylic acid groups (broad SMARTS) is 1. The Bertz CT molecular complexity index is 518. The third kappa shape index (κ3) is 2.25. The molecule has 1 amide bonds. The number of nitrogens with zero attached hydrogens (tertiary/aromatic N) is 1. The van der Waals surface area contributed by atoms with Crippen LogP contribution in [0.3, 0.4) is 0 Å². The summed E-state index contributed by atoms with van der Waals surface area (Å²) >= 11 is 0. The number of aromatic amines is 1. The lowest BCUT2D eigenvalue weighted by Crippen LogP contribution is -2.40. The van der Waals surface area contributed by atoms with E-state index < -0.39 is 24.0 Å². The minimum atomic E-state index is -1.15. The Morgan fingerprint density at radius 2 is 2.11 bits per heavy atom.